The number of carbonyl (C=O) groups is 1. The summed E-state index contributed by atoms with van der Waals surface area (Å²) < 4.78 is 18.5. The van der Waals surface area contributed by atoms with Crippen molar-refractivity contribution in [3.8, 4) is 16.9 Å². The summed E-state index contributed by atoms with van der Waals surface area (Å²) in [5, 5.41) is 0. The number of ether oxygens (including phenoxy) is 1. The second-order valence-corrected chi connectivity index (χ2v) is 7.98. The molecule has 166 valence electrons. The van der Waals surface area contributed by atoms with Crippen LogP contribution >= 0.6 is 0 Å². The number of hydrogen-bond donors (Lipinski definition) is 1. The third-order valence-electron chi connectivity index (χ3n) is 5.90. The van der Waals surface area contributed by atoms with Crippen LogP contribution in [0.25, 0.3) is 11.1 Å². The number of amides is 1. The minimum Gasteiger partial charge on any atom is -0.497 e. The van der Waals surface area contributed by atoms with Crippen molar-refractivity contribution in [3.05, 3.63) is 71.8 Å². The largest absolute Gasteiger partial charge is 0.497 e. The summed E-state index contributed by atoms with van der Waals surface area (Å²) in [7, 11) is 1.63. The Morgan fingerprint density at radius 2 is 2.03 bits per heavy atom. The maximum atomic E-state index is 13.2. The number of benzene rings is 2. The van der Waals surface area contributed by atoms with Crippen molar-refractivity contribution in [3.63, 3.8) is 0 Å². The third-order valence-corrected chi connectivity index (χ3v) is 5.90. The van der Waals surface area contributed by atoms with Gasteiger partial charge in [-0.25, -0.2) is 14.4 Å². The fraction of sp³-hybridized carbons (Fsp3) is 0.320. The Morgan fingerprint density at radius 1 is 1.22 bits per heavy atom. The molecule has 4 rings (SSSR count). The van der Waals surface area contributed by atoms with Gasteiger partial charge in [0, 0.05) is 24.7 Å². The van der Waals surface area contributed by atoms with Crippen LogP contribution in [0.3, 0.4) is 0 Å². The fourth-order valence-electron chi connectivity index (χ4n) is 4.24. The number of hydrogen-bond acceptors (Lipinski definition) is 5. The van der Waals surface area contributed by atoms with E-state index in [1.54, 1.807) is 25.4 Å². The van der Waals surface area contributed by atoms with Gasteiger partial charge in [-0.05, 0) is 61.1 Å². The van der Waals surface area contributed by atoms with Crippen molar-refractivity contribution < 1.29 is 13.9 Å². The average molecular weight is 435 g/mol. The van der Waals surface area contributed by atoms with E-state index < -0.39 is 0 Å². The molecular weight excluding hydrogens is 407 g/mol. The van der Waals surface area contributed by atoms with Gasteiger partial charge in [-0.1, -0.05) is 24.3 Å². The highest BCUT2D eigenvalue weighted by Gasteiger charge is 2.31. The highest BCUT2D eigenvalue weighted by Crippen LogP contribution is 2.37. The van der Waals surface area contributed by atoms with Crippen molar-refractivity contribution in [2.45, 2.75) is 38.1 Å². The molecule has 1 amide bonds. The number of aryl methyl sites for hydroxylation is 1. The minimum atomic E-state index is -0.275. The normalized spacial score (nSPS) is 16.1. The Kier molecular flexibility index (Phi) is 6.63. The fourth-order valence-corrected chi connectivity index (χ4v) is 4.24. The van der Waals surface area contributed by atoms with Crippen LogP contribution in [-0.2, 0) is 11.2 Å². The second-order valence-electron chi connectivity index (χ2n) is 7.98. The smallest absolute Gasteiger partial charge is 0.223 e. The number of aromatic nitrogens is 2. The molecule has 1 unspecified atom stereocenters. The summed E-state index contributed by atoms with van der Waals surface area (Å²) in [5.74, 6) is 0.715. The molecule has 1 fully saturated rings. The Labute approximate surface area is 187 Å². The summed E-state index contributed by atoms with van der Waals surface area (Å²) >= 11 is 0. The van der Waals surface area contributed by atoms with Gasteiger partial charge < -0.3 is 15.4 Å². The summed E-state index contributed by atoms with van der Waals surface area (Å²) in [6.07, 6.45) is 5.42. The van der Waals surface area contributed by atoms with E-state index in [1.807, 2.05) is 29.2 Å². The zero-order chi connectivity index (χ0) is 22.5. The molecule has 6 nitrogen and oxygen atoms in total. The van der Waals surface area contributed by atoms with Crippen molar-refractivity contribution in [1.82, 2.24) is 14.9 Å². The first kappa shape index (κ1) is 21.7. The Morgan fingerprint density at radius 3 is 2.81 bits per heavy atom. The number of halogens is 1. The predicted octanol–water partition coefficient (Wildman–Crippen LogP) is 4.56. The Balaban J connectivity index is 1.61. The van der Waals surface area contributed by atoms with Crippen LogP contribution in [0.2, 0.25) is 0 Å². The molecule has 3 aromatic rings. The SMILES string of the molecule is COc1cccc(-c2cnc(N)nc2C2CCCCN2C(=O)CCc2ccc(F)cc2)c1. The van der Waals surface area contributed by atoms with E-state index in [0.29, 0.717) is 19.4 Å². The van der Waals surface area contributed by atoms with E-state index in [1.165, 1.54) is 12.1 Å². The Bertz CT molecular complexity index is 1090. The average Bonchev–Trinajstić information content (AvgIpc) is 2.83. The number of nitrogen functional groups attached to an aromatic ring is 1. The monoisotopic (exact) mass is 434 g/mol. The molecule has 1 saturated heterocycles. The first-order valence-corrected chi connectivity index (χ1v) is 10.9. The van der Waals surface area contributed by atoms with Gasteiger partial charge in [0.05, 0.1) is 18.8 Å². The number of nitrogens with two attached hydrogens (primary N) is 1. The summed E-state index contributed by atoms with van der Waals surface area (Å²) in [6.45, 7) is 0.675. The van der Waals surface area contributed by atoms with Crippen LogP contribution in [0.15, 0.2) is 54.7 Å². The minimum absolute atomic E-state index is 0.0628. The van der Waals surface area contributed by atoms with Gasteiger partial charge in [0.15, 0.2) is 0 Å². The molecule has 0 radical (unpaired) electrons. The molecule has 1 atom stereocenters. The molecule has 0 saturated carbocycles. The maximum Gasteiger partial charge on any atom is 0.223 e. The number of carbonyl (C=O) groups excluding carboxylic acids is 1. The highest BCUT2D eigenvalue weighted by molar-refractivity contribution is 5.78. The van der Waals surface area contributed by atoms with E-state index >= 15 is 0 Å². The first-order valence-electron chi connectivity index (χ1n) is 10.9. The molecule has 1 aliphatic rings. The molecular formula is C25H27FN4O2. The zero-order valence-electron chi connectivity index (χ0n) is 18.1. The molecule has 0 aliphatic carbocycles. The summed E-state index contributed by atoms with van der Waals surface area (Å²) in [5.41, 5.74) is 9.43. The number of piperidine rings is 1. The van der Waals surface area contributed by atoms with E-state index in [-0.39, 0.29) is 23.7 Å². The Hall–Kier alpha value is -3.48. The number of likely N-dealkylation sites (tertiary alicyclic amines) is 1. The van der Waals surface area contributed by atoms with Crippen molar-refractivity contribution in [2.24, 2.45) is 0 Å². The van der Waals surface area contributed by atoms with E-state index in [2.05, 4.69) is 9.97 Å². The van der Waals surface area contributed by atoms with Crippen LogP contribution in [-0.4, -0.2) is 34.4 Å². The molecule has 2 heterocycles. The number of rotatable bonds is 6. The predicted molar refractivity (Wildman–Crippen MR) is 121 cm³/mol. The quantitative estimate of drug-likeness (QED) is 0.615. The molecule has 7 heteroatoms. The van der Waals surface area contributed by atoms with Crippen LogP contribution in [0.5, 0.6) is 5.75 Å². The lowest BCUT2D eigenvalue weighted by molar-refractivity contribution is -0.135. The molecule has 0 spiro atoms. The van der Waals surface area contributed by atoms with Crippen molar-refractivity contribution >= 4 is 11.9 Å². The second kappa shape index (κ2) is 9.77. The number of methoxy groups -OCH3 is 1. The van der Waals surface area contributed by atoms with Gasteiger partial charge in [0.2, 0.25) is 11.9 Å². The van der Waals surface area contributed by atoms with Gasteiger partial charge >= 0.3 is 0 Å². The molecule has 2 N–H and O–H groups in total. The molecule has 32 heavy (non-hydrogen) atoms. The topological polar surface area (TPSA) is 81.3 Å². The molecule has 1 aliphatic heterocycles. The lowest BCUT2D eigenvalue weighted by Gasteiger charge is -2.36. The van der Waals surface area contributed by atoms with Crippen LogP contribution in [0.1, 0.15) is 43.0 Å². The van der Waals surface area contributed by atoms with Crippen molar-refractivity contribution in [1.29, 1.82) is 0 Å². The van der Waals surface area contributed by atoms with E-state index in [4.69, 9.17) is 10.5 Å². The van der Waals surface area contributed by atoms with Crippen LogP contribution < -0.4 is 10.5 Å². The van der Waals surface area contributed by atoms with Crippen LogP contribution in [0.4, 0.5) is 10.3 Å². The highest BCUT2D eigenvalue weighted by atomic mass is 19.1. The third kappa shape index (κ3) is 4.88. The van der Waals surface area contributed by atoms with Gasteiger partial charge in [-0.2, -0.15) is 0 Å². The lowest BCUT2D eigenvalue weighted by atomic mass is 9.93. The van der Waals surface area contributed by atoms with Gasteiger partial charge in [0.1, 0.15) is 11.6 Å². The van der Waals surface area contributed by atoms with Crippen molar-refractivity contribution in [2.75, 3.05) is 19.4 Å². The summed E-state index contributed by atoms with van der Waals surface area (Å²) in [4.78, 5) is 23.9. The standard InChI is InChI=1S/C25H27FN4O2/c1-32-20-6-4-5-18(15-20)21-16-28-25(27)29-24(21)22-7-2-3-14-30(22)23(31)13-10-17-8-11-19(26)12-9-17/h4-6,8-9,11-12,15-16,22H,2-3,7,10,13-14H2,1H3,(H2,27,28,29). The molecule has 1 aromatic heterocycles. The zero-order valence-corrected chi connectivity index (χ0v) is 18.1. The number of nitrogens with zero attached hydrogens (tertiary/aromatic N) is 3. The lowest BCUT2D eigenvalue weighted by Crippen LogP contribution is -2.39. The number of anilines is 1. The van der Waals surface area contributed by atoms with Gasteiger partial charge in [-0.3, -0.25) is 4.79 Å². The molecule has 0 bridgehead atoms. The summed E-state index contributed by atoms with van der Waals surface area (Å²) in [6, 6.07) is 13.8. The molecule has 2 aromatic carbocycles. The van der Waals surface area contributed by atoms with Gasteiger partial charge in [-0.15, -0.1) is 0 Å². The first-order chi connectivity index (χ1) is 15.5. The van der Waals surface area contributed by atoms with Gasteiger partial charge in [0.25, 0.3) is 0 Å². The maximum absolute atomic E-state index is 13.2. The van der Waals surface area contributed by atoms with E-state index in [9.17, 15) is 9.18 Å². The van der Waals surface area contributed by atoms with Crippen LogP contribution in [0, 0.1) is 5.82 Å². The van der Waals surface area contributed by atoms with E-state index in [0.717, 1.165) is 47.4 Å².